The van der Waals surface area contributed by atoms with E-state index >= 15 is 0 Å². The highest BCUT2D eigenvalue weighted by Gasteiger charge is 2.34. The number of rotatable bonds is 3. The largest absolute Gasteiger partial charge is 0.389 e. The van der Waals surface area contributed by atoms with Gasteiger partial charge in [-0.3, -0.25) is 4.31 Å². The second kappa shape index (κ2) is 6.12. The molecule has 2 aliphatic heterocycles. The first-order valence-corrected chi connectivity index (χ1v) is 9.91. The zero-order valence-electron chi connectivity index (χ0n) is 14.3. The summed E-state index contributed by atoms with van der Waals surface area (Å²) in [5, 5.41) is 22.8. The molecule has 0 saturated heterocycles. The van der Waals surface area contributed by atoms with Crippen molar-refractivity contribution in [1.29, 1.82) is 0 Å². The summed E-state index contributed by atoms with van der Waals surface area (Å²) in [7, 11) is -3.80. The fraction of sp³-hybridized carbons (Fsp3) is 0.263. The smallest absolute Gasteiger partial charge is 0.264 e. The highest BCUT2D eigenvalue weighted by atomic mass is 32.2. The number of aliphatic hydroxyl groups excluding tert-OH is 2. The van der Waals surface area contributed by atoms with E-state index in [0.29, 0.717) is 29.8 Å². The third-order valence-corrected chi connectivity index (χ3v) is 6.81. The minimum absolute atomic E-state index is 0.169. The van der Waals surface area contributed by atoms with Gasteiger partial charge in [-0.1, -0.05) is 24.3 Å². The Labute approximate surface area is 152 Å². The van der Waals surface area contributed by atoms with Gasteiger partial charge in [0.2, 0.25) is 0 Å². The van der Waals surface area contributed by atoms with Crippen LogP contribution in [0.2, 0.25) is 0 Å². The van der Waals surface area contributed by atoms with E-state index in [0.717, 1.165) is 11.1 Å². The molecule has 0 saturated carbocycles. The minimum atomic E-state index is -3.80. The predicted octanol–water partition coefficient (Wildman–Crippen LogP) is 2.06. The molecular weight excluding hydrogens is 352 g/mol. The van der Waals surface area contributed by atoms with E-state index < -0.39 is 22.4 Å². The van der Waals surface area contributed by atoms with E-state index in [-0.39, 0.29) is 4.90 Å². The van der Waals surface area contributed by atoms with Gasteiger partial charge >= 0.3 is 0 Å². The summed E-state index contributed by atoms with van der Waals surface area (Å²) in [6.45, 7) is 2.01. The lowest BCUT2D eigenvalue weighted by molar-refractivity contribution is 0.154. The Morgan fingerprint density at radius 3 is 2.77 bits per heavy atom. The lowest BCUT2D eigenvalue weighted by Crippen LogP contribution is -2.30. The van der Waals surface area contributed by atoms with Crippen LogP contribution in [0.3, 0.4) is 0 Å². The van der Waals surface area contributed by atoms with Gasteiger partial charge in [0.1, 0.15) is 0 Å². The molecule has 26 heavy (non-hydrogen) atoms. The topological polar surface area (TPSA) is 89.9 Å². The molecule has 2 aliphatic rings. The first-order chi connectivity index (χ1) is 12.4. The molecule has 0 amide bonds. The van der Waals surface area contributed by atoms with Crippen molar-refractivity contribution in [2.45, 2.75) is 30.6 Å². The maximum atomic E-state index is 13.4. The van der Waals surface area contributed by atoms with Crippen molar-refractivity contribution in [3.63, 3.8) is 0 Å². The van der Waals surface area contributed by atoms with Crippen molar-refractivity contribution in [3.05, 3.63) is 64.9 Å². The first kappa shape index (κ1) is 17.1. The summed E-state index contributed by atoms with van der Waals surface area (Å²) in [6.07, 6.45) is 2.19. The summed E-state index contributed by atoms with van der Waals surface area (Å²) in [5.74, 6) is 0. The van der Waals surface area contributed by atoms with Crippen LogP contribution in [0.25, 0.3) is 6.08 Å². The van der Waals surface area contributed by atoms with Crippen LogP contribution in [-0.4, -0.2) is 25.2 Å². The fourth-order valence-electron chi connectivity index (χ4n) is 3.71. The molecular formula is C19H20N2O4S. The van der Waals surface area contributed by atoms with Gasteiger partial charge in [-0.05, 0) is 48.9 Å². The van der Waals surface area contributed by atoms with Gasteiger partial charge in [-0.15, -0.1) is 0 Å². The van der Waals surface area contributed by atoms with E-state index in [1.807, 2.05) is 6.07 Å². The molecule has 0 fully saturated rings. The van der Waals surface area contributed by atoms with Gasteiger partial charge in [0.25, 0.3) is 10.0 Å². The molecule has 2 atom stereocenters. The van der Waals surface area contributed by atoms with Crippen molar-refractivity contribution in [2.24, 2.45) is 0 Å². The van der Waals surface area contributed by atoms with E-state index in [4.69, 9.17) is 0 Å². The zero-order valence-corrected chi connectivity index (χ0v) is 15.1. The normalized spacial score (nSPS) is 19.7. The molecule has 2 heterocycles. The first-order valence-electron chi connectivity index (χ1n) is 8.47. The van der Waals surface area contributed by atoms with Gasteiger partial charge in [-0.2, -0.15) is 0 Å². The van der Waals surface area contributed by atoms with Crippen molar-refractivity contribution >= 4 is 21.8 Å². The second-order valence-corrected chi connectivity index (χ2v) is 8.34. The van der Waals surface area contributed by atoms with Crippen molar-refractivity contribution in [3.8, 4) is 0 Å². The standard InChI is InChI=1S/C19H20N2O4S/c1-12(22)13-4-2-6-17-14(13)9-11-21(17)26(24,25)18-7-3-5-16-15(18)8-10-20-19(16)23/h2-8,10,12,19-20,22-23H,9,11H2,1H3. The number of benzene rings is 2. The molecule has 2 aromatic carbocycles. The van der Waals surface area contributed by atoms with Gasteiger partial charge in [-0.25, -0.2) is 8.42 Å². The summed E-state index contributed by atoms with van der Waals surface area (Å²) < 4.78 is 28.2. The number of nitrogens with zero attached hydrogens (tertiary/aromatic N) is 1. The lowest BCUT2D eigenvalue weighted by atomic mass is 10.0. The van der Waals surface area contributed by atoms with Crippen LogP contribution in [0.4, 0.5) is 5.69 Å². The highest BCUT2D eigenvalue weighted by Crippen LogP contribution is 2.38. The number of hydrogen-bond acceptors (Lipinski definition) is 5. The SMILES string of the molecule is CC(O)c1cccc2c1CCN2S(=O)(=O)c1cccc2c1C=CNC2O. The van der Waals surface area contributed by atoms with E-state index in [2.05, 4.69) is 5.32 Å². The molecule has 3 N–H and O–H groups in total. The number of anilines is 1. The summed E-state index contributed by atoms with van der Waals surface area (Å²) in [5.41, 5.74) is 3.27. The fourth-order valence-corrected chi connectivity index (χ4v) is 5.42. The molecule has 0 radical (unpaired) electrons. The maximum absolute atomic E-state index is 13.4. The maximum Gasteiger partial charge on any atom is 0.264 e. The average Bonchev–Trinajstić information content (AvgIpc) is 3.06. The van der Waals surface area contributed by atoms with Crippen LogP contribution in [0.1, 0.15) is 41.5 Å². The molecule has 2 unspecified atom stereocenters. The highest BCUT2D eigenvalue weighted by molar-refractivity contribution is 7.93. The number of nitrogens with one attached hydrogen (secondary N) is 1. The molecule has 0 spiro atoms. The van der Waals surface area contributed by atoms with Crippen LogP contribution < -0.4 is 9.62 Å². The molecule has 0 aromatic heterocycles. The van der Waals surface area contributed by atoms with Gasteiger partial charge in [0.15, 0.2) is 6.23 Å². The second-order valence-electron chi connectivity index (χ2n) is 6.51. The Morgan fingerprint density at radius 1 is 1.23 bits per heavy atom. The monoisotopic (exact) mass is 372 g/mol. The van der Waals surface area contributed by atoms with Crippen LogP contribution in [0, 0.1) is 0 Å². The van der Waals surface area contributed by atoms with Crippen molar-refractivity contribution in [2.75, 3.05) is 10.8 Å². The number of hydrogen-bond donors (Lipinski definition) is 3. The van der Waals surface area contributed by atoms with Gasteiger partial charge in [0, 0.05) is 17.7 Å². The Hall–Kier alpha value is -2.35. The van der Waals surface area contributed by atoms with Crippen LogP contribution >= 0.6 is 0 Å². The van der Waals surface area contributed by atoms with Crippen LogP contribution in [0.5, 0.6) is 0 Å². The summed E-state index contributed by atoms with van der Waals surface area (Å²) in [4.78, 5) is 0.169. The van der Waals surface area contributed by atoms with Gasteiger partial charge in [0.05, 0.1) is 16.7 Å². The quantitative estimate of drug-likeness (QED) is 0.767. The minimum Gasteiger partial charge on any atom is -0.389 e. The molecule has 2 aromatic rings. The van der Waals surface area contributed by atoms with Crippen LogP contribution in [-0.2, 0) is 16.4 Å². The molecule has 4 rings (SSSR count). The molecule has 0 bridgehead atoms. The number of fused-ring (bicyclic) bond motifs is 2. The predicted molar refractivity (Wildman–Crippen MR) is 98.9 cm³/mol. The van der Waals surface area contributed by atoms with E-state index in [1.54, 1.807) is 49.5 Å². The summed E-state index contributed by atoms with van der Waals surface area (Å²) >= 11 is 0. The van der Waals surface area contributed by atoms with Gasteiger partial charge < -0.3 is 15.5 Å². The molecule has 7 heteroatoms. The van der Waals surface area contributed by atoms with Crippen molar-refractivity contribution in [1.82, 2.24) is 5.32 Å². The third kappa shape index (κ3) is 2.51. The number of aliphatic hydroxyl groups is 2. The third-order valence-electron chi connectivity index (χ3n) is 4.94. The lowest BCUT2D eigenvalue weighted by Gasteiger charge is -2.25. The Bertz CT molecular complexity index is 999. The Balaban J connectivity index is 1.84. The number of sulfonamides is 1. The molecule has 0 aliphatic carbocycles. The van der Waals surface area contributed by atoms with E-state index in [9.17, 15) is 18.6 Å². The van der Waals surface area contributed by atoms with Crippen LogP contribution in [0.15, 0.2) is 47.5 Å². The Morgan fingerprint density at radius 2 is 2.00 bits per heavy atom. The Kier molecular flexibility index (Phi) is 4.02. The van der Waals surface area contributed by atoms with E-state index in [1.165, 1.54) is 4.31 Å². The zero-order chi connectivity index (χ0) is 18.5. The van der Waals surface area contributed by atoms with Crippen molar-refractivity contribution < 1.29 is 18.6 Å². The summed E-state index contributed by atoms with van der Waals surface area (Å²) in [6, 6.07) is 10.3. The molecule has 6 nitrogen and oxygen atoms in total. The average molecular weight is 372 g/mol. The molecule has 136 valence electrons.